The van der Waals surface area contributed by atoms with Crippen LogP contribution < -0.4 is 10.6 Å². The lowest BCUT2D eigenvalue weighted by Crippen LogP contribution is -2.34. The Bertz CT molecular complexity index is 1030. The van der Waals surface area contributed by atoms with Crippen molar-refractivity contribution in [1.82, 2.24) is 5.32 Å². The van der Waals surface area contributed by atoms with Crippen LogP contribution >= 0.6 is 12.2 Å². The molecule has 1 aliphatic rings. The second-order valence-electron chi connectivity index (χ2n) is 6.09. The minimum Gasteiger partial charge on any atom is -0.332 e. The Kier molecular flexibility index (Phi) is 4.22. The maximum atomic E-state index is 13.7. The van der Waals surface area contributed by atoms with Crippen LogP contribution in [0.5, 0.6) is 0 Å². The Morgan fingerprint density at radius 1 is 0.923 bits per heavy atom. The van der Waals surface area contributed by atoms with E-state index in [1.807, 2.05) is 30.3 Å². The van der Waals surface area contributed by atoms with Crippen LogP contribution in [0.25, 0.3) is 11.1 Å². The van der Waals surface area contributed by atoms with Crippen molar-refractivity contribution in [1.29, 1.82) is 0 Å². The van der Waals surface area contributed by atoms with Gasteiger partial charge >= 0.3 is 0 Å². The third-order valence-electron chi connectivity index (χ3n) is 4.40. The van der Waals surface area contributed by atoms with E-state index in [2.05, 4.69) is 22.8 Å². The number of anilines is 1. The number of hydrogen-bond acceptors (Lipinski definition) is 2. The molecule has 3 aromatic rings. The highest BCUT2D eigenvalue weighted by Gasteiger charge is 2.18. The number of halogens is 1. The van der Waals surface area contributed by atoms with Crippen LogP contribution in [-0.4, -0.2) is 11.0 Å². The molecule has 0 spiro atoms. The van der Waals surface area contributed by atoms with Crippen LogP contribution in [0.2, 0.25) is 0 Å². The van der Waals surface area contributed by atoms with Gasteiger partial charge in [0.1, 0.15) is 5.82 Å². The maximum absolute atomic E-state index is 13.7. The summed E-state index contributed by atoms with van der Waals surface area (Å²) in [5, 5.41) is 5.64. The summed E-state index contributed by atoms with van der Waals surface area (Å²) in [5.74, 6) is -1.16. The van der Waals surface area contributed by atoms with Crippen molar-refractivity contribution in [3.05, 3.63) is 89.2 Å². The van der Waals surface area contributed by atoms with E-state index in [-0.39, 0.29) is 10.7 Å². The first-order valence-corrected chi connectivity index (χ1v) is 8.61. The number of benzene rings is 3. The van der Waals surface area contributed by atoms with Crippen LogP contribution in [0.3, 0.4) is 0 Å². The Morgan fingerprint density at radius 3 is 2.50 bits per heavy atom. The number of hydrogen-bond donors (Lipinski definition) is 2. The molecule has 0 atom stereocenters. The van der Waals surface area contributed by atoms with E-state index < -0.39 is 11.7 Å². The van der Waals surface area contributed by atoms with Gasteiger partial charge in [-0.25, -0.2) is 4.39 Å². The molecular formula is C21H15FN2OS. The molecule has 0 saturated carbocycles. The number of carbonyl (C=O) groups excluding carboxylic acids is 1. The average molecular weight is 362 g/mol. The van der Waals surface area contributed by atoms with E-state index >= 15 is 0 Å². The predicted molar refractivity (Wildman–Crippen MR) is 105 cm³/mol. The molecule has 26 heavy (non-hydrogen) atoms. The van der Waals surface area contributed by atoms with Crippen molar-refractivity contribution < 1.29 is 9.18 Å². The zero-order chi connectivity index (χ0) is 18.1. The maximum Gasteiger partial charge on any atom is 0.260 e. The molecule has 0 heterocycles. The van der Waals surface area contributed by atoms with Crippen molar-refractivity contribution in [2.45, 2.75) is 6.42 Å². The molecular weight excluding hydrogens is 347 g/mol. The standard InChI is InChI=1S/C21H15FN2OS/c22-19-8-4-3-7-18(19)20(25)24-21(26)23-15-9-10-17-14(12-15)11-13-5-1-2-6-16(13)17/h1-10,12H,11H2,(H2,23,24,25,26). The first kappa shape index (κ1) is 16.4. The highest BCUT2D eigenvalue weighted by Crippen LogP contribution is 2.37. The first-order valence-electron chi connectivity index (χ1n) is 8.20. The lowest BCUT2D eigenvalue weighted by Gasteiger charge is -2.11. The van der Waals surface area contributed by atoms with E-state index in [9.17, 15) is 9.18 Å². The molecule has 0 unspecified atom stereocenters. The van der Waals surface area contributed by atoms with E-state index in [1.165, 1.54) is 40.5 Å². The summed E-state index contributed by atoms with van der Waals surface area (Å²) in [5.41, 5.74) is 5.72. The summed E-state index contributed by atoms with van der Waals surface area (Å²) >= 11 is 5.19. The van der Waals surface area contributed by atoms with Crippen LogP contribution in [-0.2, 0) is 6.42 Å². The van der Waals surface area contributed by atoms with E-state index in [0.717, 1.165) is 12.1 Å². The summed E-state index contributed by atoms with van der Waals surface area (Å²) in [6, 6.07) is 20.1. The van der Waals surface area contributed by atoms with E-state index in [1.54, 1.807) is 6.07 Å². The van der Waals surface area contributed by atoms with Crippen molar-refractivity contribution in [3.8, 4) is 11.1 Å². The summed E-state index contributed by atoms with van der Waals surface area (Å²) < 4.78 is 13.7. The second kappa shape index (κ2) is 6.69. The monoisotopic (exact) mass is 362 g/mol. The Morgan fingerprint density at radius 2 is 1.65 bits per heavy atom. The largest absolute Gasteiger partial charge is 0.332 e. The van der Waals surface area contributed by atoms with Crippen molar-refractivity contribution >= 4 is 28.9 Å². The van der Waals surface area contributed by atoms with Crippen LogP contribution in [0.15, 0.2) is 66.7 Å². The fourth-order valence-electron chi connectivity index (χ4n) is 3.20. The lowest BCUT2D eigenvalue weighted by atomic mass is 10.1. The molecule has 0 bridgehead atoms. The Labute approximate surface area is 155 Å². The molecule has 3 aromatic carbocycles. The van der Waals surface area contributed by atoms with E-state index in [0.29, 0.717) is 0 Å². The number of carbonyl (C=O) groups is 1. The fourth-order valence-corrected chi connectivity index (χ4v) is 3.41. The van der Waals surface area contributed by atoms with Crippen LogP contribution in [0.4, 0.5) is 10.1 Å². The van der Waals surface area contributed by atoms with Crippen molar-refractivity contribution in [3.63, 3.8) is 0 Å². The molecule has 1 aliphatic carbocycles. The van der Waals surface area contributed by atoms with Gasteiger partial charge in [0.05, 0.1) is 5.56 Å². The number of nitrogens with one attached hydrogen (secondary N) is 2. The van der Waals surface area contributed by atoms with E-state index in [4.69, 9.17) is 12.2 Å². The van der Waals surface area contributed by atoms with Gasteiger partial charge in [-0.3, -0.25) is 10.1 Å². The third-order valence-corrected chi connectivity index (χ3v) is 4.60. The van der Waals surface area contributed by atoms with Crippen molar-refractivity contribution in [2.75, 3.05) is 5.32 Å². The second-order valence-corrected chi connectivity index (χ2v) is 6.50. The van der Waals surface area contributed by atoms with Gasteiger partial charge in [-0.1, -0.05) is 42.5 Å². The van der Waals surface area contributed by atoms with Crippen LogP contribution in [0, 0.1) is 5.82 Å². The Balaban J connectivity index is 1.47. The molecule has 5 heteroatoms. The highest BCUT2D eigenvalue weighted by molar-refractivity contribution is 7.80. The molecule has 0 radical (unpaired) electrons. The average Bonchev–Trinajstić information content (AvgIpc) is 2.99. The SMILES string of the molecule is O=C(NC(=S)Nc1ccc2c(c1)Cc1ccccc1-2)c1ccccc1F. The van der Waals surface area contributed by atoms with Gasteiger partial charge in [-0.15, -0.1) is 0 Å². The molecule has 1 amide bonds. The molecule has 4 rings (SSSR count). The van der Waals surface area contributed by atoms with Gasteiger partial charge in [-0.2, -0.15) is 0 Å². The number of fused-ring (bicyclic) bond motifs is 3. The minimum absolute atomic E-state index is 0.0407. The molecule has 0 aromatic heterocycles. The normalized spacial score (nSPS) is 11.4. The van der Waals surface area contributed by atoms with Gasteiger partial charge in [-0.05, 0) is 65.2 Å². The van der Waals surface area contributed by atoms with Crippen molar-refractivity contribution in [2.24, 2.45) is 0 Å². The van der Waals surface area contributed by atoms with Gasteiger partial charge in [0.25, 0.3) is 5.91 Å². The summed E-state index contributed by atoms with van der Waals surface area (Å²) in [6.07, 6.45) is 0.870. The summed E-state index contributed by atoms with van der Waals surface area (Å²) in [6.45, 7) is 0. The fraction of sp³-hybridized carbons (Fsp3) is 0.0476. The molecule has 0 fully saturated rings. The number of thiocarbonyl (C=S) groups is 1. The molecule has 0 saturated heterocycles. The van der Waals surface area contributed by atoms with Gasteiger partial charge in [0.2, 0.25) is 0 Å². The van der Waals surface area contributed by atoms with Gasteiger partial charge < -0.3 is 5.32 Å². The zero-order valence-electron chi connectivity index (χ0n) is 13.8. The van der Waals surface area contributed by atoms with Gasteiger partial charge in [0.15, 0.2) is 5.11 Å². The number of rotatable bonds is 2. The summed E-state index contributed by atoms with van der Waals surface area (Å²) in [7, 11) is 0. The smallest absolute Gasteiger partial charge is 0.260 e. The minimum atomic E-state index is -0.580. The third kappa shape index (κ3) is 3.09. The molecule has 128 valence electrons. The highest BCUT2D eigenvalue weighted by atomic mass is 32.1. The van der Waals surface area contributed by atoms with Crippen LogP contribution in [0.1, 0.15) is 21.5 Å². The Hall–Kier alpha value is -3.05. The lowest BCUT2D eigenvalue weighted by molar-refractivity contribution is 0.0974. The molecule has 2 N–H and O–H groups in total. The zero-order valence-corrected chi connectivity index (χ0v) is 14.6. The molecule has 0 aliphatic heterocycles. The quantitative estimate of drug-likeness (QED) is 0.515. The molecule has 3 nitrogen and oxygen atoms in total. The first-order chi connectivity index (χ1) is 12.6. The van der Waals surface area contributed by atoms with Gasteiger partial charge in [0, 0.05) is 5.69 Å². The topological polar surface area (TPSA) is 41.1 Å². The summed E-state index contributed by atoms with van der Waals surface area (Å²) in [4.78, 5) is 12.1. The predicted octanol–water partition coefficient (Wildman–Crippen LogP) is 4.52. The number of amides is 1.